The van der Waals surface area contributed by atoms with Crippen molar-refractivity contribution in [1.29, 1.82) is 0 Å². The Morgan fingerprint density at radius 1 is 0.833 bits per heavy atom. The molecule has 5 rings (SSSR count). The third-order valence-electron chi connectivity index (χ3n) is 8.91. The Bertz CT molecular complexity index is 1190. The topological polar surface area (TPSA) is 56.1 Å². The van der Waals surface area contributed by atoms with Crippen molar-refractivity contribution in [3.8, 4) is 0 Å². The maximum absolute atomic E-state index is 13.7. The van der Waals surface area contributed by atoms with Crippen molar-refractivity contribution < 1.29 is 31.1 Å². The molecule has 3 fully saturated rings. The van der Waals surface area contributed by atoms with Gasteiger partial charge in [-0.2, -0.15) is 26.3 Å². The van der Waals surface area contributed by atoms with Crippen LogP contribution in [-0.4, -0.2) is 89.6 Å². The second kappa shape index (κ2) is 12.5. The standard InChI is InChI=1S/C30H37F6N5O/c31-29(32,33)23-16-22(17-24(18-23)30(34,35)36)28(42)41-10-8-25(19-27(41)15-21-5-3-1-2-4-6-21)38-11-13-39(14-12-38)26-7-9-40(37)20-26/h1-3,5-6,16-18,25-27H,4,7-15,19-20,37H2. The highest BCUT2D eigenvalue weighted by Crippen LogP contribution is 2.37. The highest BCUT2D eigenvalue weighted by Gasteiger charge is 2.40. The molecule has 3 aliphatic heterocycles. The lowest BCUT2D eigenvalue weighted by Crippen LogP contribution is -2.57. The molecule has 3 heterocycles. The number of rotatable bonds is 5. The molecule has 0 radical (unpaired) electrons. The zero-order valence-electron chi connectivity index (χ0n) is 23.4. The number of allylic oxidation sites excluding steroid dienone is 5. The van der Waals surface area contributed by atoms with Crippen LogP contribution in [0.15, 0.2) is 54.2 Å². The first-order valence-electron chi connectivity index (χ1n) is 14.5. The average Bonchev–Trinajstić information content (AvgIpc) is 3.22. The fraction of sp³-hybridized carbons (Fsp3) is 0.567. The van der Waals surface area contributed by atoms with Gasteiger partial charge in [0.1, 0.15) is 0 Å². The van der Waals surface area contributed by atoms with E-state index in [2.05, 4.69) is 9.80 Å². The van der Waals surface area contributed by atoms with Crippen LogP contribution in [0.3, 0.4) is 0 Å². The van der Waals surface area contributed by atoms with E-state index in [1.165, 1.54) is 4.90 Å². The van der Waals surface area contributed by atoms with Gasteiger partial charge in [-0.3, -0.25) is 20.4 Å². The van der Waals surface area contributed by atoms with Gasteiger partial charge in [0.25, 0.3) is 5.91 Å². The Hall–Kier alpha value is -2.67. The number of likely N-dealkylation sites (tertiary alicyclic amines) is 1. The number of alkyl halides is 6. The summed E-state index contributed by atoms with van der Waals surface area (Å²) in [5, 5.41) is 1.85. The third-order valence-corrected chi connectivity index (χ3v) is 8.91. The monoisotopic (exact) mass is 597 g/mol. The number of hydrogen-bond donors (Lipinski definition) is 1. The van der Waals surface area contributed by atoms with Crippen molar-refractivity contribution in [2.75, 3.05) is 45.8 Å². The van der Waals surface area contributed by atoms with Crippen molar-refractivity contribution in [3.63, 3.8) is 0 Å². The highest BCUT2D eigenvalue weighted by atomic mass is 19.4. The molecule has 3 atom stereocenters. The summed E-state index contributed by atoms with van der Waals surface area (Å²) in [5.74, 6) is 5.15. The van der Waals surface area contributed by atoms with E-state index in [9.17, 15) is 31.1 Å². The lowest BCUT2D eigenvalue weighted by molar-refractivity contribution is -0.143. The molecule has 1 aromatic rings. The Kier molecular flexibility index (Phi) is 9.17. The molecule has 1 aliphatic carbocycles. The first-order chi connectivity index (χ1) is 19.9. The van der Waals surface area contributed by atoms with E-state index in [1.807, 2.05) is 35.4 Å². The quantitative estimate of drug-likeness (QED) is 0.379. The number of hydrogen-bond acceptors (Lipinski definition) is 5. The SMILES string of the molecule is NN1CCC(N2CCN(C3CCN(C(=O)c4cc(C(F)(F)F)cc(C(F)(F)F)c4)C(CC4=CCC=CC=C4)C3)CC2)C1. The number of piperazine rings is 1. The second-order valence-corrected chi connectivity index (χ2v) is 11.6. The number of halogens is 6. The van der Waals surface area contributed by atoms with E-state index in [1.54, 1.807) is 0 Å². The number of carbonyl (C=O) groups is 1. The Morgan fingerprint density at radius 3 is 2.05 bits per heavy atom. The maximum Gasteiger partial charge on any atom is 0.416 e. The zero-order valence-corrected chi connectivity index (χ0v) is 23.4. The minimum atomic E-state index is -5.02. The molecule has 42 heavy (non-hydrogen) atoms. The first-order valence-corrected chi connectivity index (χ1v) is 14.5. The van der Waals surface area contributed by atoms with Gasteiger partial charge in [0.2, 0.25) is 0 Å². The van der Waals surface area contributed by atoms with E-state index >= 15 is 0 Å². The highest BCUT2D eigenvalue weighted by molar-refractivity contribution is 5.95. The van der Waals surface area contributed by atoms with Crippen LogP contribution < -0.4 is 5.84 Å². The van der Waals surface area contributed by atoms with Crippen LogP contribution in [0.1, 0.15) is 53.6 Å². The van der Waals surface area contributed by atoms with Crippen molar-refractivity contribution in [2.45, 2.75) is 62.6 Å². The van der Waals surface area contributed by atoms with Gasteiger partial charge in [0.05, 0.1) is 11.1 Å². The summed E-state index contributed by atoms with van der Waals surface area (Å²) in [6.45, 7) is 5.54. The smallest absolute Gasteiger partial charge is 0.335 e. The number of benzene rings is 1. The minimum Gasteiger partial charge on any atom is -0.335 e. The molecule has 230 valence electrons. The molecule has 0 bridgehead atoms. The van der Waals surface area contributed by atoms with Gasteiger partial charge in [-0.05, 0) is 55.9 Å². The van der Waals surface area contributed by atoms with Gasteiger partial charge in [-0.15, -0.1) is 0 Å². The predicted molar refractivity (Wildman–Crippen MR) is 147 cm³/mol. The molecule has 12 heteroatoms. The van der Waals surface area contributed by atoms with Crippen molar-refractivity contribution in [3.05, 3.63) is 70.8 Å². The summed E-state index contributed by atoms with van der Waals surface area (Å²) in [4.78, 5) is 20.1. The Balaban J connectivity index is 1.35. The minimum absolute atomic E-state index is 0.0604. The molecule has 0 aromatic heterocycles. The molecular formula is C30H37F6N5O. The fourth-order valence-corrected chi connectivity index (χ4v) is 6.65. The van der Waals surface area contributed by atoms with Crippen LogP contribution >= 0.6 is 0 Å². The molecular weight excluding hydrogens is 560 g/mol. The van der Waals surface area contributed by atoms with Gasteiger partial charge in [0.15, 0.2) is 0 Å². The van der Waals surface area contributed by atoms with Gasteiger partial charge in [0, 0.05) is 69.5 Å². The molecule has 3 saturated heterocycles. The van der Waals surface area contributed by atoms with Crippen LogP contribution in [0.2, 0.25) is 0 Å². The van der Waals surface area contributed by atoms with Crippen LogP contribution in [-0.2, 0) is 12.4 Å². The Labute approximate surface area is 242 Å². The fourth-order valence-electron chi connectivity index (χ4n) is 6.65. The summed E-state index contributed by atoms with van der Waals surface area (Å²) < 4.78 is 81.2. The molecule has 4 aliphatic rings. The molecule has 2 N–H and O–H groups in total. The van der Waals surface area contributed by atoms with Crippen molar-refractivity contribution in [2.24, 2.45) is 5.84 Å². The number of nitrogens with two attached hydrogens (primary N) is 1. The predicted octanol–water partition coefficient (Wildman–Crippen LogP) is 5.10. The molecule has 3 unspecified atom stereocenters. The van der Waals surface area contributed by atoms with E-state index < -0.39 is 35.0 Å². The lowest BCUT2D eigenvalue weighted by Gasteiger charge is -2.47. The number of hydrazine groups is 1. The van der Waals surface area contributed by atoms with E-state index in [4.69, 9.17) is 5.84 Å². The normalized spacial score (nSPS) is 26.9. The summed E-state index contributed by atoms with van der Waals surface area (Å²) in [5.41, 5.74) is -2.57. The van der Waals surface area contributed by atoms with Crippen LogP contribution in [0.4, 0.5) is 26.3 Å². The lowest BCUT2D eigenvalue weighted by atomic mass is 9.89. The Morgan fingerprint density at radius 2 is 1.45 bits per heavy atom. The van der Waals surface area contributed by atoms with E-state index in [-0.39, 0.29) is 24.7 Å². The third kappa shape index (κ3) is 7.27. The van der Waals surface area contributed by atoms with Crippen LogP contribution in [0.25, 0.3) is 0 Å². The van der Waals surface area contributed by atoms with Crippen LogP contribution in [0.5, 0.6) is 0 Å². The zero-order chi connectivity index (χ0) is 30.1. The molecule has 0 saturated carbocycles. The summed E-state index contributed by atoms with van der Waals surface area (Å²) in [7, 11) is 0. The van der Waals surface area contributed by atoms with E-state index in [0.717, 1.165) is 51.3 Å². The molecule has 0 spiro atoms. The number of carbonyl (C=O) groups excluding carboxylic acids is 1. The first kappa shape index (κ1) is 30.8. The van der Waals surface area contributed by atoms with Gasteiger partial charge < -0.3 is 4.90 Å². The number of amides is 1. The van der Waals surface area contributed by atoms with Crippen molar-refractivity contribution in [1.82, 2.24) is 19.7 Å². The van der Waals surface area contributed by atoms with Crippen molar-refractivity contribution >= 4 is 5.91 Å². The summed E-state index contributed by atoms with van der Waals surface area (Å²) in [6, 6.07) is 1.39. The maximum atomic E-state index is 13.7. The summed E-state index contributed by atoms with van der Waals surface area (Å²) >= 11 is 0. The van der Waals surface area contributed by atoms with Gasteiger partial charge >= 0.3 is 12.4 Å². The van der Waals surface area contributed by atoms with Gasteiger partial charge in [-0.1, -0.05) is 30.4 Å². The second-order valence-electron chi connectivity index (χ2n) is 11.6. The largest absolute Gasteiger partial charge is 0.416 e. The van der Waals surface area contributed by atoms with E-state index in [0.29, 0.717) is 43.9 Å². The molecule has 1 amide bonds. The molecule has 1 aromatic carbocycles. The molecule has 6 nitrogen and oxygen atoms in total. The van der Waals surface area contributed by atoms with Crippen LogP contribution in [0, 0.1) is 0 Å². The van der Waals surface area contributed by atoms with Gasteiger partial charge in [-0.25, -0.2) is 5.01 Å². The summed E-state index contributed by atoms with van der Waals surface area (Å²) in [6.07, 6.45) is 3.18. The number of nitrogens with zero attached hydrogens (tertiary/aromatic N) is 4. The average molecular weight is 598 g/mol. The number of piperidine rings is 1.